The summed E-state index contributed by atoms with van der Waals surface area (Å²) in [4.78, 5) is 25.0. The summed E-state index contributed by atoms with van der Waals surface area (Å²) in [5, 5.41) is 9.54. The highest BCUT2D eigenvalue weighted by molar-refractivity contribution is 6.30. The van der Waals surface area contributed by atoms with E-state index in [-0.39, 0.29) is 12.5 Å². The van der Waals surface area contributed by atoms with Gasteiger partial charge in [0.15, 0.2) is 0 Å². The highest BCUT2D eigenvalue weighted by Gasteiger charge is 2.52. The molecule has 1 aliphatic rings. The zero-order valence-electron chi connectivity index (χ0n) is 11.6. The molecule has 1 atom stereocenters. The molecule has 0 bridgehead atoms. The number of aliphatic carboxylic acids is 1. The van der Waals surface area contributed by atoms with Crippen LogP contribution >= 0.6 is 11.6 Å². The summed E-state index contributed by atoms with van der Waals surface area (Å²) >= 11 is 5.99. The molecule has 0 aliphatic heterocycles. The highest BCUT2D eigenvalue weighted by atomic mass is 35.5. The molecule has 1 N–H and O–H groups in total. The third-order valence-electron chi connectivity index (χ3n) is 3.85. The average molecular weight is 296 g/mol. The van der Waals surface area contributed by atoms with E-state index in [1.165, 1.54) is 4.90 Å². The van der Waals surface area contributed by atoms with Crippen molar-refractivity contribution >= 4 is 23.5 Å². The van der Waals surface area contributed by atoms with Crippen LogP contribution < -0.4 is 0 Å². The van der Waals surface area contributed by atoms with Crippen molar-refractivity contribution in [2.75, 3.05) is 13.6 Å². The van der Waals surface area contributed by atoms with Crippen LogP contribution in [0.1, 0.15) is 25.3 Å². The summed E-state index contributed by atoms with van der Waals surface area (Å²) in [6, 6.07) is 7.35. The molecule has 1 fully saturated rings. The van der Waals surface area contributed by atoms with Gasteiger partial charge in [0.25, 0.3) is 0 Å². The van der Waals surface area contributed by atoms with Gasteiger partial charge in [-0.3, -0.25) is 9.59 Å². The Morgan fingerprint density at radius 2 is 2.10 bits per heavy atom. The lowest BCUT2D eigenvalue weighted by atomic mass is 9.94. The quantitative estimate of drug-likeness (QED) is 0.908. The number of carboxylic acids is 1. The number of amides is 1. The summed E-state index contributed by atoms with van der Waals surface area (Å²) in [5.41, 5.74) is 0.419. The minimum atomic E-state index is -0.891. The van der Waals surface area contributed by atoms with Crippen molar-refractivity contribution in [1.29, 1.82) is 0 Å². The summed E-state index contributed by atoms with van der Waals surface area (Å²) in [6.45, 7) is 1.82. The van der Waals surface area contributed by atoms with Gasteiger partial charge in [0.05, 0.1) is 11.3 Å². The summed E-state index contributed by atoms with van der Waals surface area (Å²) in [6.07, 6.45) is 1.58. The standard InChI is InChI=1S/C15H18ClNO3/c1-10(13(18)19)9-17(2)14(20)15(6-7-15)11-4-3-5-12(16)8-11/h3-5,8,10H,6-7,9H2,1-2H3,(H,18,19). The number of carbonyl (C=O) groups excluding carboxylic acids is 1. The largest absolute Gasteiger partial charge is 0.481 e. The van der Waals surface area contributed by atoms with Crippen LogP contribution in [0.4, 0.5) is 0 Å². The molecule has 20 heavy (non-hydrogen) atoms. The Morgan fingerprint density at radius 1 is 1.45 bits per heavy atom. The number of hydrogen-bond donors (Lipinski definition) is 1. The molecule has 0 aromatic heterocycles. The number of rotatable bonds is 5. The van der Waals surface area contributed by atoms with Gasteiger partial charge in [0, 0.05) is 18.6 Å². The Kier molecular flexibility index (Phi) is 4.04. The average Bonchev–Trinajstić information content (AvgIpc) is 3.19. The fourth-order valence-electron chi connectivity index (χ4n) is 2.47. The topological polar surface area (TPSA) is 57.6 Å². The van der Waals surface area contributed by atoms with Crippen LogP contribution in [-0.4, -0.2) is 35.5 Å². The van der Waals surface area contributed by atoms with Gasteiger partial charge in [-0.25, -0.2) is 0 Å². The molecule has 0 radical (unpaired) electrons. The molecule has 1 aliphatic carbocycles. The molecule has 0 heterocycles. The van der Waals surface area contributed by atoms with Gasteiger partial charge in [0.1, 0.15) is 0 Å². The van der Waals surface area contributed by atoms with Crippen LogP contribution in [-0.2, 0) is 15.0 Å². The van der Waals surface area contributed by atoms with E-state index in [0.29, 0.717) is 5.02 Å². The number of hydrogen-bond acceptors (Lipinski definition) is 2. The molecule has 1 unspecified atom stereocenters. The Hall–Kier alpha value is -1.55. The Balaban J connectivity index is 2.14. The predicted octanol–water partition coefficient (Wildman–Crippen LogP) is 2.55. The molecular formula is C15H18ClNO3. The number of carboxylic acid groups (broad SMARTS) is 1. The molecule has 1 aromatic carbocycles. The number of nitrogens with zero attached hydrogens (tertiary/aromatic N) is 1. The van der Waals surface area contributed by atoms with Gasteiger partial charge in [0.2, 0.25) is 5.91 Å². The van der Waals surface area contributed by atoms with E-state index >= 15 is 0 Å². The first kappa shape index (κ1) is 14.9. The zero-order chi connectivity index (χ0) is 14.9. The Morgan fingerprint density at radius 3 is 2.60 bits per heavy atom. The van der Waals surface area contributed by atoms with Crippen molar-refractivity contribution in [2.24, 2.45) is 5.92 Å². The van der Waals surface area contributed by atoms with Crippen molar-refractivity contribution in [1.82, 2.24) is 4.90 Å². The molecule has 0 saturated heterocycles. The minimum absolute atomic E-state index is 0.0205. The van der Waals surface area contributed by atoms with E-state index in [0.717, 1.165) is 18.4 Å². The first-order valence-corrected chi connectivity index (χ1v) is 6.99. The number of benzene rings is 1. The SMILES string of the molecule is CC(CN(C)C(=O)C1(c2cccc(Cl)c2)CC1)C(=O)O. The lowest BCUT2D eigenvalue weighted by Crippen LogP contribution is -2.40. The molecule has 5 heteroatoms. The van der Waals surface area contributed by atoms with E-state index < -0.39 is 17.3 Å². The van der Waals surface area contributed by atoms with E-state index in [2.05, 4.69) is 0 Å². The second-order valence-electron chi connectivity index (χ2n) is 5.52. The highest BCUT2D eigenvalue weighted by Crippen LogP contribution is 2.49. The second-order valence-corrected chi connectivity index (χ2v) is 5.95. The van der Waals surface area contributed by atoms with Gasteiger partial charge in [-0.05, 0) is 30.5 Å². The summed E-state index contributed by atoms with van der Waals surface area (Å²) < 4.78 is 0. The number of halogens is 1. The lowest BCUT2D eigenvalue weighted by molar-refractivity contribution is -0.143. The summed E-state index contributed by atoms with van der Waals surface area (Å²) in [7, 11) is 1.66. The fraction of sp³-hybridized carbons (Fsp3) is 0.467. The van der Waals surface area contributed by atoms with Crippen LogP contribution in [0.25, 0.3) is 0 Å². The maximum Gasteiger partial charge on any atom is 0.308 e. The van der Waals surface area contributed by atoms with Crippen LogP contribution in [0.3, 0.4) is 0 Å². The maximum absolute atomic E-state index is 12.6. The maximum atomic E-state index is 12.6. The second kappa shape index (κ2) is 5.44. The molecular weight excluding hydrogens is 278 g/mol. The number of likely N-dealkylation sites (N-methyl/N-ethyl adjacent to an activating group) is 1. The van der Waals surface area contributed by atoms with Gasteiger partial charge >= 0.3 is 5.97 Å². The van der Waals surface area contributed by atoms with Crippen LogP contribution in [0.5, 0.6) is 0 Å². The Bertz CT molecular complexity index is 540. The third kappa shape index (κ3) is 2.80. The molecule has 1 aromatic rings. The monoisotopic (exact) mass is 295 g/mol. The van der Waals surface area contributed by atoms with Crippen molar-refractivity contribution in [3.05, 3.63) is 34.9 Å². The first-order valence-electron chi connectivity index (χ1n) is 6.61. The van der Waals surface area contributed by atoms with Gasteiger partial charge in [-0.2, -0.15) is 0 Å². The van der Waals surface area contributed by atoms with Gasteiger partial charge in [-0.15, -0.1) is 0 Å². The zero-order valence-corrected chi connectivity index (χ0v) is 12.4. The first-order chi connectivity index (χ1) is 9.36. The molecule has 2 rings (SSSR count). The normalized spacial score (nSPS) is 17.4. The number of carbonyl (C=O) groups is 2. The molecule has 0 spiro atoms. The van der Waals surface area contributed by atoms with Gasteiger partial charge in [-0.1, -0.05) is 30.7 Å². The van der Waals surface area contributed by atoms with Crippen molar-refractivity contribution in [3.8, 4) is 0 Å². The fourth-order valence-corrected chi connectivity index (χ4v) is 2.66. The molecule has 4 nitrogen and oxygen atoms in total. The van der Waals surface area contributed by atoms with Crippen LogP contribution in [0, 0.1) is 5.92 Å². The Labute approximate surface area is 123 Å². The van der Waals surface area contributed by atoms with E-state index in [9.17, 15) is 9.59 Å². The summed E-state index contributed by atoms with van der Waals surface area (Å²) in [5.74, 6) is -1.48. The lowest BCUT2D eigenvalue weighted by Gasteiger charge is -2.25. The smallest absolute Gasteiger partial charge is 0.308 e. The molecule has 108 valence electrons. The van der Waals surface area contributed by atoms with Crippen molar-refractivity contribution < 1.29 is 14.7 Å². The molecule has 1 saturated carbocycles. The molecule has 1 amide bonds. The van der Waals surface area contributed by atoms with Gasteiger partial charge < -0.3 is 10.0 Å². The van der Waals surface area contributed by atoms with E-state index in [4.69, 9.17) is 16.7 Å². The minimum Gasteiger partial charge on any atom is -0.481 e. The van der Waals surface area contributed by atoms with Crippen molar-refractivity contribution in [3.63, 3.8) is 0 Å². The van der Waals surface area contributed by atoms with Crippen LogP contribution in [0.15, 0.2) is 24.3 Å². The van der Waals surface area contributed by atoms with Crippen molar-refractivity contribution in [2.45, 2.75) is 25.2 Å². The third-order valence-corrected chi connectivity index (χ3v) is 4.09. The predicted molar refractivity (Wildman–Crippen MR) is 76.8 cm³/mol. The van der Waals surface area contributed by atoms with Crippen LogP contribution in [0.2, 0.25) is 5.02 Å². The van der Waals surface area contributed by atoms with E-state index in [1.54, 1.807) is 20.0 Å². The van der Waals surface area contributed by atoms with E-state index in [1.807, 2.05) is 18.2 Å².